The predicted molar refractivity (Wildman–Crippen MR) is 69.5 cm³/mol. The van der Waals surface area contributed by atoms with Crippen LogP contribution >= 0.6 is 0 Å². The Morgan fingerprint density at radius 2 is 1.84 bits per heavy atom. The summed E-state index contributed by atoms with van der Waals surface area (Å²) in [6.07, 6.45) is 0. The number of ether oxygens (including phenoxy) is 1. The molecule has 0 aliphatic carbocycles. The highest BCUT2D eigenvalue weighted by Crippen LogP contribution is 2.25. The number of urea groups is 1. The van der Waals surface area contributed by atoms with Crippen LogP contribution in [0.1, 0.15) is 20.8 Å². The van der Waals surface area contributed by atoms with Crippen LogP contribution in [0.2, 0.25) is 0 Å². The maximum Gasteiger partial charge on any atom is 0.387 e. The molecule has 0 bridgehead atoms. The third-order valence-electron chi connectivity index (χ3n) is 2.71. The molecular weight excluding hydrogens is 254 g/mol. The Morgan fingerprint density at radius 3 is 2.42 bits per heavy atom. The van der Waals surface area contributed by atoms with E-state index >= 15 is 0 Å². The Bertz CT molecular complexity index is 425. The average Bonchev–Trinajstić information content (AvgIpc) is 2.30. The first-order valence-corrected chi connectivity index (χ1v) is 6.01. The summed E-state index contributed by atoms with van der Waals surface area (Å²) in [5.41, 5.74) is 0.205. The van der Waals surface area contributed by atoms with Gasteiger partial charge in [-0.3, -0.25) is 0 Å². The number of carbonyl (C=O) groups is 1. The number of para-hydroxylation sites is 2. The maximum atomic E-state index is 12.2. The first kappa shape index (κ1) is 15.2. The Labute approximate surface area is 111 Å². The number of alkyl halides is 2. The van der Waals surface area contributed by atoms with Gasteiger partial charge in [-0.25, -0.2) is 4.79 Å². The van der Waals surface area contributed by atoms with Gasteiger partial charge in [0.15, 0.2) is 0 Å². The van der Waals surface area contributed by atoms with Gasteiger partial charge in [0.25, 0.3) is 0 Å². The standard InChI is InChI=1S/C13H18F2N2O2/c1-8(2)9(3)16-13(18)17-10-6-4-5-7-11(10)19-12(14)15/h4-9,12H,1-3H3,(H2,16,17,18). The number of benzene rings is 1. The molecule has 1 aromatic carbocycles. The molecule has 0 radical (unpaired) electrons. The van der Waals surface area contributed by atoms with Crippen LogP contribution in [0, 0.1) is 5.92 Å². The highest BCUT2D eigenvalue weighted by atomic mass is 19.3. The fourth-order valence-corrected chi connectivity index (χ4v) is 1.30. The number of rotatable bonds is 5. The van der Waals surface area contributed by atoms with Crippen LogP contribution in [-0.2, 0) is 0 Å². The number of amides is 2. The molecule has 1 aromatic rings. The quantitative estimate of drug-likeness (QED) is 0.862. The minimum absolute atomic E-state index is 0.0248. The summed E-state index contributed by atoms with van der Waals surface area (Å²) in [4.78, 5) is 11.7. The zero-order valence-electron chi connectivity index (χ0n) is 11.1. The third kappa shape index (κ3) is 5.11. The summed E-state index contributed by atoms with van der Waals surface area (Å²) >= 11 is 0. The van der Waals surface area contributed by atoms with E-state index in [1.807, 2.05) is 20.8 Å². The fraction of sp³-hybridized carbons (Fsp3) is 0.462. The molecule has 2 amide bonds. The Hall–Kier alpha value is -1.85. The second-order valence-electron chi connectivity index (χ2n) is 4.51. The second-order valence-corrected chi connectivity index (χ2v) is 4.51. The Kier molecular flexibility index (Phi) is 5.54. The fourth-order valence-electron chi connectivity index (χ4n) is 1.30. The molecule has 1 atom stereocenters. The second kappa shape index (κ2) is 6.92. The van der Waals surface area contributed by atoms with Crippen LogP contribution < -0.4 is 15.4 Å². The molecule has 0 aliphatic heterocycles. The molecule has 19 heavy (non-hydrogen) atoms. The number of nitrogens with one attached hydrogen (secondary N) is 2. The van der Waals surface area contributed by atoms with Crippen LogP contribution in [0.4, 0.5) is 19.3 Å². The van der Waals surface area contributed by atoms with Crippen molar-refractivity contribution in [3.05, 3.63) is 24.3 Å². The van der Waals surface area contributed by atoms with Crippen LogP contribution in [0.5, 0.6) is 5.75 Å². The van der Waals surface area contributed by atoms with Gasteiger partial charge in [-0.15, -0.1) is 0 Å². The van der Waals surface area contributed by atoms with Gasteiger partial charge in [-0.1, -0.05) is 26.0 Å². The van der Waals surface area contributed by atoms with Crippen LogP contribution in [0.25, 0.3) is 0 Å². The lowest BCUT2D eigenvalue weighted by Crippen LogP contribution is -2.39. The zero-order chi connectivity index (χ0) is 14.4. The van der Waals surface area contributed by atoms with E-state index in [1.54, 1.807) is 12.1 Å². The molecule has 0 aliphatic rings. The summed E-state index contributed by atoms with van der Waals surface area (Å²) in [5.74, 6) is 0.211. The third-order valence-corrected chi connectivity index (χ3v) is 2.71. The maximum absolute atomic E-state index is 12.2. The van der Waals surface area contributed by atoms with Gasteiger partial charge in [0.1, 0.15) is 5.75 Å². The van der Waals surface area contributed by atoms with Gasteiger partial charge < -0.3 is 15.4 Å². The first-order valence-electron chi connectivity index (χ1n) is 6.01. The van der Waals surface area contributed by atoms with E-state index in [2.05, 4.69) is 15.4 Å². The van der Waals surface area contributed by atoms with Crippen LogP contribution in [0.15, 0.2) is 24.3 Å². The largest absolute Gasteiger partial charge is 0.433 e. The van der Waals surface area contributed by atoms with Crippen molar-refractivity contribution in [1.82, 2.24) is 5.32 Å². The Balaban J connectivity index is 2.68. The molecule has 0 heterocycles. The van der Waals surface area contributed by atoms with Crippen molar-refractivity contribution < 1.29 is 18.3 Å². The van der Waals surface area contributed by atoms with Gasteiger partial charge in [0.05, 0.1) is 5.69 Å². The van der Waals surface area contributed by atoms with Crippen molar-refractivity contribution >= 4 is 11.7 Å². The van der Waals surface area contributed by atoms with Gasteiger partial charge in [0.2, 0.25) is 0 Å². The number of anilines is 1. The first-order chi connectivity index (χ1) is 8.90. The number of halogens is 2. The number of hydrogen-bond donors (Lipinski definition) is 2. The number of carbonyl (C=O) groups excluding carboxylic acids is 1. The monoisotopic (exact) mass is 272 g/mol. The van der Waals surface area contributed by atoms with Crippen LogP contribution in [-0.4, -0.2) is 18.7 Å². The van der Waals surface area contributed by atoms with Crippen molar-refractivity contribution in [3.8, 4) is 5.75 Å². The summed E-state index contributed by atoms with van der Waals surface area (Å²) in [5, 5.41) is 5.21. The van der Waals surface area contributed by atoms with E-state index in [-0.39, 0.29) is 23.4 Å². The molecule has 106 valence electrons. The molecule has 0 saturated carbocycles. The van der Waals surface area contributed by atoms with Gasteiger partial charge in [0, 0.05) is 6.04 Å². The summed E-state index contributed by atoms with van der Waals surface area (Å²) in [6, 6.07) is 5.57. The molecule has 1 unspecified atom stereocenters. The van der Waals surface area contributed by atoms with Gasteiger partial charge in [-0.2, -0.15) is 8.78 Å². The lowest BCUT2D eigenvalue weighted by Gasteiger charge is -2.18. The molecular formula is C13H18F2N2O2. The SMILES string of the molecule is CC(C)C(C)NC(=O)Nc1ccccc1OC(F)F. The summed E-state index contributed by atoms with van der Waals surface area (Å²) in [6.45, 7) is 2.88. The summed E-state index contributed by atoms with van der Waals surface area (Å²) in [7, 11) is 0. The van der Waals surface area contributed by atoms with E-state index < -0.39 is 12.6 Å². The predicted octanol–water partition coefficient (Wildman–Crippen LogP) is 3.45. The van der Waals surface area contributed by atoms with Gasteiger partial charge >= 0.3 is 12.6 Å². The normalized spacial score (nSPS) is 12.4. The van der Waals surface area contributed by atoms with E-state index in [9.17, 15) is 13.6 Å². The number of hydrogen-bond acceptors (Lipinski definition) is 2. The van der Waals surface area contributed by atoms with E-state index in [4.69, 9.17) is 0 Å². The highest BCUT2D eigenvalue weighted by molar-refractivity contribution is 5.91. The molecule has 4 nitrogen and oxygen atoms in total. The highest BCUT2D eigenvalue weighted by Gasteiger charge is 2.14. The van der Waals surface area contributed by atoms with Crippen molar-refractivity contribution in [2.75, 3.05) is 5.32 Å². The van der Waals surface area contributed by atoms with Crippen molar-refractivity contribution in [2.24, 2.45) is 5.92 Å². The van der Waals surface area contributed by atoms with Crippen molar-refractivity contribution in [1.29, 1.82) is 0 Å². The van der Waals surface area contributed by atoms with Crippen molar-refractivity contribution in [3.63, 3.8) is 0 Å². The molecule has 1 rings (SSSR count). The topological polar surface area (TPSA) is 50.4 Å². The minimum Gasteiger partial charge on any atom is -0.433 e. The lowest BCUT2D eigenvalue weighted by molar-refractivity contribution is -0.0493. The summed E-state index contributed by atoms with van der Waals surface area (Å²) < 4.78 is 28.7. The van der Waals surface area contributed by atoms with E-state index in [0.717, 1.165) is 0 Å². The molecule has 0 aromatic heterocycles. The van der Waals surface area contributed by atoms with E-state index in [0.29, 0.717) is 0 Å². The van der Waals surface area contributed by atoms with Crippen molar-refractivity contribution in [2.45, 2.75) is 33.4 Å². The average molecular weight is 272 g/mol. The zero-order valence-corrected chi connectivity index (χ0v) is 11.1. The molecule has 6 heteroatoms. The lowest BCUT2D eigenvalue weighted by atomic mass is 10.1. The smallest absolute Gasteiger partial charge is 0.387 e. The molecule has 2 N–H and O–H groups in total. The molecule has 0 spiro atoms. The van der Waals surface area contributed by atoms with E-state index in [1.165, 1.54) is 12.1 Å². The minimum atomic E-state index is -2.93. The molecule has 0 saturated heterocycles. The van der Waals surface area contributed by atoms with Gasteiger partial charge in [-0.05, 0) is 25.0 Å². The van der Waals surface area contributed by atoms with Crippen LogP contribution in [0.3, 0.4) is 0 Å². The Morgan fingerprint density at radius 1 is 1.21 bits per heavy atom. The molecule has 0 fully saturated rings.